The lowest BCUT2D eigenvalue weighted by molar-refractivity contribution is -0.152. The van der Waals surface area contributed by atoms with Crippen LogP contribution in [0.4, 0.5) is 0 Å². The van der Waals surface area contributed by atoms with Crippen LogP contribution in [-0.4, -0.2) is 41.5 Å². The molecule has 1 saturated heterocycles. The SMILES string of the molecule is CCC(C)[C@H](N)C(=O)N1CCCN1C=O.Cl. The highest BCUT2D eigenvalue weighted by Gasteiger charge is 2.31. The van der Waals surface area contributed by atoms with Crippen molar-refractivity contribution in [2.24, 2.45) is 11.7 Å². The van der Waals surface area contributed by atoms with Crippen LogP contribution in [0.2, 0.25) is 0 Å². The van der Waals surface area contributed by atoms with Crippen molar-refractivity contribution in [2.75, 3.05) is 13.1 Å². The van der Waals surface area contributed by atoms with Crippen molar-refractivity contribution < 1.29 is 9.59 Å². The molecule has 0 spiro atoms. The molecule has 0 saturated carbocycles. The van der Waals surface area contributed by atoms with E-state index in [2.05, 4.69) is 0 Å². The Kier molecular flexibility index (Phi) is 6.36. The van der Waals surface area contributed by atoms with Gasteiger partial charge >= 0.3 is 0 Å². The Hall–Kier alpha value is -0.810. The molecule has 5 nitrogen and oxygen atoms in total. The van der Waals surface area contributed by atoms with Gasteiger partial charge in [-0.05, 0) is 12.3 Å². The molecule has 0 aromatic rings. The Morgan fingerprint density at radius 1 is 1.50 bits per heavy atom. The zero-order chi connectivity index (χ0) is 11.4. The monoisotopic (exact) mass is 249 g/mol. The van der Waals surface area contributed by atoms with E-state index in [1.54, 1.807) is 0 Å². The van der Waals surface area contributed by atoms with Crippen molar-refractivity contribution in [3.05, 3.63) is 0 Å². The molecule has 1 aliphatic rings. The zero-order valence-corrected chi connectivity index (χ0v) is 10.6. The van der Waals surface area contributed by atoms with Crippen LogP contribution in [0, 0.1) is 5.92 Å². The van der Waals surface area contributed by atoms with Gasteiger partial charge in [0.2, 0.25) is 6.41 Å². The van der Waals surface area contributed by atoms with Gasteiger partial charge in [0.05, 0.1) is 6.04 Å². The number of rotatable bonds is 4. The van der Waals surface area contributed by atoms with Crippen LogP contribution in [0.1, 0.15) is 26.7 Å². The molecule has 0 aromatic heterocycles. The molecule has 1 fully saturated rings. The third kappa shape index (κ3) is 3.09. The highest BCUT2D eigenvalue weighted by Crippen LogP contribution is 2.14. The number of carbonyl (C=O) groups excluding carboxylic acids is 2. The molecule has 1 heterocycles. The van der Waals surface area contributed by atoms with Crippen molar-refractivity contribution in [1.82, 2.24) is 10.0 Å². The third-order valence-corrected chi connectivity index (χ3v) is 2.99. The Bertz CT molecular complexity index is 250. The minimum Gasteiger partial charge on any atom is -0.320 e. The highest BCUT2D eigenvalue weighted by atomic mass is 35.5. The van der Waals surface area contributed by atoms with Gasteiger partial charge in [-0.2, -0.15) is 0 Å². The zero-order valence-electron chi connectivity index (χ0n) is 9.76. The van der Waals surface area contributed by atoms with Crippen molar-refractivity contribution >= 4 is 24.7 Å². The molecule has 1 aliphatic heterocycles. The van der Waals surface area contributed by atoms with Gasteiger partial charge in [0.15, 0.2) is 0 Å². The number of carbonyl (C=O) groups is 2. The van der Waals surface area contributed by atoms with E-state index in [1.807, 2.05) is 13.8 Å². The van der Waals surface area contributed by atoms with E-state index >= 15 is 0 Å². The maximum atomic E-state index is 11.9. The molecule has 2 amide bonds. The summed E-state index contributed by atoms with van der Waals surface area (Å²) in [6.45, 7) is 5.16. The minimum atomic E-state index is -0.504. The standard InChI is InChI=1S/C10H19N3O2.ClH/c1-3-8(2)9(11)10(15)13-6-4-5-12(13)7-14;/h7-9H,3-6,11H2,1-2H3;1H/t8?,9-;/m0./s1. The second-order valence-electron chi connectivity index (χ2n) is 3.99. The van der Waals surface area contributed by atoms with Gasteiger partial charge in [-0.15, -0.1) is 12.4 Å². The average molecular weight is 250 g/mol. The molecule has 0 aliphatic carbocycles. The predicted octanol–water partition coefficient (Wildman–Crippen LogP) is 0.387. The van der Waals surface area contributed by atoms with Crippen molar-refractivity contribution in [1.29, 1.82) is 0 Å². The molecule has 94 valence electrons. The summed E-state index contributed by atoms with van der Waals surface area (Å²) in [5.74, 6) is 0.000511. The molecule has 0 radical (unpaired) electrons. The van der Waals surface area contributed by atoms with Crippen LogP contribution in [-0.2, 0) is 9.59 Å². The Morgan fingerprint density at radius 2 is 2.12 bits per heavy atom. The van der Waals surface area contributed by atoms with Crippen molar-refractivity contribution in [3.63, 3.8) is 0 Å². The lowest BCUT2D eigenvalue weighted by Gasteiger charge is -2.28. The van der Waals surface area contributed by atoms with Gasteiger partial charge in [0.1, 0.15) is 0 Å². The summed E-state index contributed by atoms with van der Waals surface area (Å²) in [5, 5.41) is 2.87. The number of hydrazine groups is 1. The minimum absolute atomic E-state index is 0. The van der Waals surface area contributed by atoms with Crippen LogP contribution < -0.4 is 5.73 Å². The summed E-state index contributed by atoms with van der Waals surface area (Å²) < 4.78 is 0. The Morgan fingerprint density at radius 3 is 2.62 bits per heavy atom. The molecular weight excluding hydrogens is 230 g/mol. The summed E-state index contributed by atoms with van der Waals surface area (Å²) >= 11 is 0. The van der Waals surface area contributed by atoms with E-state index in [4.69, 9.17) is 5.73 Å². The first-order chi connectivity index (χ1) is 7.11. The Labute approximate surface area is 102 Å². The first-order valence-corrected chi connectivity index (χ1v) is 5.40. The number of amides is 2. The van der Waals surface area contributed by atoms with Crippen molar-refractivity contribution in [2.45, 2.75) is 32.7 Å². The quantitative estimate of drug-likeness (QED) is 0.733. The molecule has 0 aromatic carbocycles. The van der Waals surface area contributed by atoms with Crippen molar-refractivity contribution in [3.8, 4) is 0 Å². The molecule has 1 rings (SSSR count). The second-order valence-corrected chi connectivity index (χ2v) is 3.99. The summed E-state index contributed by atoms with van der Waals surface area (Å²) in [6, 6.07) is -0.504. The van der Waals surface area contributed by atoms with Crippen LogP contribution in [0.3, 0.4) is 0 Å². The maximum Gasteiger partial charge on any atom is 0.258 e. The lowest BCUT2D eigenvalue weighted by atomic mass is 9.99. The first-order valence-electron chi connectivity index (χ1n) is 5.40. The number of hydrogen-bond donors (Lipinski definition) is 1. The third-order valence-electron chi connectivity index (χ3n) is 2.99. The van der Waals surface area contributed by atoms with E-state index in [9.17, 15) is 9.59 Å². The predicted molar refractivity (Wildman–Crippen MR) is 63.8 cm³/mol. The van der Waals surface area contributed by atoms with E-state index in [1.165, 1.54) is 10.0 Å². The molecule has 2 N–H and O–H groups in total. The van der Waals surface area contributed by atoms with Gasteiger partial charge in [0, 0.05) is 13.1 Å². The second kappa shape index (κ2) is 6.70. The van der Waals surface area contributed by atoms with E-state index in [-0.39, 0.29) is 24.2 Å². The number of hydrogen-bond acceptors (Lipinski definition) is 3. The molecule has 1 unspecified atom stereocenters. The molecule has 2 atom stereocenters. The first kappa shape index (κ1) is 15.2. The summed E-state index contributed by atoms with van der Waals surface area (Å²) in [6.07, 6.45) is 2.38. The van der Waals surface area contributed by atoms with Gasteiger partial charge in [0.25, 0.3) is 5.91 Å². The highest BCUT2D eigenvalue weighted by molar-refractivity contribution is 5.85. The Balaban J connectivity index is 0.00000225. The molecule has 6 heteroatoms. The fourth-order valence-electron chi connectivity index (χ4n) is 1.65. The smallest absolute Gasteiger partial charge is 0.258 e. The van der Waals surface area contributed by atoms with Crippen LogP contribution in [0.5, 0.6) is 0 Å². The van der Waals surface area contributed by atoms with Gasteiger partial charge in [-0.25, -0.2) is 0 Å². The number of nitrogens with zero attached hydrogens (tertiary/aromatic N) is 2. The maximum absolute atomic E-state index is 11.9. The molecule has 16 heavy (non-hydrogen) atoms. The van der Waals surface area contributed by atoms with E-state index < -0.39 is 6.04 Å². The lowest BCUT2D eigenvalue weighted by Crippen LogP contribution is -2.50. The number of halogens is 1. The van der Waals surface area contributed by atoms with Crippen LogP contribution >= 0.6 is 12.4 Å². The number of nitrogens with two attached hydrogens (primary N) is 1. The van der Waals surface area contributed by atoms with E-state index in [0.29, 0.717) is 19.5 Å². The summed E-state index contributed by atoms with van der Waals surface area (Å²) in [7, 11) is 0. The summed E-state index contributed by atoms with van der Waals surface area (Å²) in [5.41, 5.74) is 5.83. The fourth-order valence-corrected chi connectivity index (χ4v) is 1.65. The summed E-state index contributed by atoms with van der Waals surface area (Å²) in [4.78, 5) is 22.6. The van der Waals surface area contributed by atoms with Gasteiger partial charge < -0.3 is 5.73 Å². The van der Waals surface area contributed by atoms with Crippen LogP contribution in [0.25, 0.3) is 0 Å². The van der Waals surface area contributed by atoms with Crippen LogP contribution in [0.15, 0.2) is 0 Å². The molecule has 0 bridgehead atoms. The average Bonchev–Trinajstić information content (AvgIpc) is 2.73. The van der Waals surface area contributed by atoms with Gasteiger partial charge in [-0.1, -0.05) is 20.3 Å². The largest absolute Gasteiger partial charge is 0.320 e. The molecular formula is C10H20ClN3O2. The fraction of sp³-hybridized carbons (Fsp3) is 0.800. The topological polar surface area (TPSA) is 66.6 Å². The van der Waals surface area contributed by atoms with Gasteiger partial charge in [-0.3, -0.25) is 19.6 Å². The van der Waals surface area contributed by atoms with E-state index in [0.717, 1.165) is 12.8 Å². The normalized spacial score (nSPS) is 18.9.